The molecular weight excluding hydrogens is 330 g/mol. The highest BCUT2D eigenvalue weighted by Crippen LogP contribution is 2.33. The van der Waals surface area contributed by atoms with Crippen LogP contribution in [0.1, 0.15) is 25.7 Å². The Labute approximate surface area is 142 Å². The van der Waals surface area contributed by atoms with E-state index in [-0.39, 0.29) is 11.8 Å². The van der Waals surface area contributed by atoms with Crippen LogP contribution in [-0.4, -0.2) is 30.8 Å². The zero-order valence-electron chi connectivity index (χ0n) is 12.9. The number of carbonyl (C=O) groups is 2. The Hall–Kier alpha value is -2.43. The lowest BCUT2D eigenvalue weighted by molar-refractivity contribution is -0.111. The van der Waals surface area contributed by atoms with Crippen molar-refractivity contribution in [2.45, 2.75) is 6.92 Å². The Morgan fingerprint density at radius 3 is 2.70 bits per heavy atom. The maximum Gasteiger partial charge on any atom is 0.263 e. The fraction of sp³-hybridized carbons (Fsp3) is 0.188. The molecule has 0 fully saturated rings. The number of carbonyl (C=O) groups excluding carboxylic acids is 2. The van der Waals surface area contributed by atoms with Gasteiger partial charge in [0.2, 0.25) is 5.91 Å². The van der Waals surface area contributed by atoms with E-state index in [9.17, 15) is 14.9 Å². The lowest BCUT2D eigenvalue weighted by Crippen LogP contribution is -2.21. The summed E-state index contributed by atoms with van der Waals surface area (Å²) in [7, 11) is 3.30. The Bertz CT molecular complexity index is 796. The quantitative estimate of drug-likeness (QED) is 0.864. The minimum Gasteiger partial charge on any atom is -0.344 e. The van der Waals surface area contributed by atoms with Gasteiger partial charge in [0.15, 0.2) is 0 Å². The highest BCUT2D eigenvalue weighted by molar-refractivity contribution is 7.18. The summed E-state index contributed by atoms with van der Waals surface area (Å²) in [6.45, 7) is 1.71. The lowest BCUT2D eigenvalue weighted by atomic mass is 10.1. The van der Waals surface area contributed by atoms with E-state index in [1.54, 1.807) is 27.1 Å². The molecule has 0 aliphatic rings. The predicted molar refractivity (Wildman–Crippen MR) is 93.8 cm³/mol. The zero-order chi connectivity index (χ0) is 17.0. The van der Waals surface area contributed by atoms with Crippen molar-refractivity contribution in [3.05, 3.63) is 44.5 Å². The third-order valence-corrected chi connectivity index (χ3v) is 5.07. The van der Waals surface area contributed by atoms with Crippen molar-refractivity contribution in [3.63, 3.8) is 0 Å². The molecule has 0 saturated carbocycles. The number of nitrogens with zero attached hydrogens (tertiary/aromatic N) is 2. The standard InChI is InChI=1S/C16H15N3O2S2/c1-10-12(9-17)15(23-14(10)16(21)19(2)3)18-13(20)7-6-11-5-4-8-22-11/h4-8H,1-3H3,(H,18,20)/b7-6+. The van der Waals surface area contributed by atoms with Gasteiger partial charge in [-0.05, 0) is 30.0 Å². The summed E-state index contributed by atoms with van der Waals surface area (Å²) >= 11 is 2.65. The lowest BCUT2D eigenvalue weighted by Gasteiger charge is -2.08. The smallest absolute Gasteiger partial charge is 0.263 e. The Morgan fingerprint density at radius 1 is 1.39 bits per heavy atom. The van der Waals surface area contributed by atoms with Gasteiger partial charge in [-0.1, -0.05) is 6.07 Å². The van der Waals surface area contributed by atoms with Gasteiger partial charge in [-0.3, -0.25) is 9.59 Å². The summed E-state index contributed by atoms with van der Waals surface area (Å²) in [5.74, 6) is -0.515. The minimum atomic E-state index is -0.333. The van der Waals surface area contributed by atoms with Crippen LogP contribution in [0.3, 0.4) is 0 Å². The molecule has 2 aromatic heterocycles. The first-order chi connectivity index (χ1) is 10.9. The normalized spacial score (nSPS) is 10.5. The predicted octanol–water partition coefficient (Wildman–Crippen LogP) is 3.34. The monoisotopic (exact) mass is 345 g/mol. The van der Waals surface area contributed by atoms with E-state index in [2.05, 4.69) is 11.4 Å². The van der Waals surface area contributed by atoms with Crippen LogP contribution in [0.4, 0.5) is 5.00 Å². The van der Waals surface area contributed by atoms with Gasteiger partial charge in [-0.15, -0.1) is 22.7 Å². The number of thiophene rings is 2. The first-order valence-corrected chi connectivity index (χ1v) is 8.41. The Kier molecular flexibility index (Phi) is 5.32. The molecule has 2 amide bonds. The fourth-order valence-corrected chi connectivity index (χ4v) is 3.64. The SMILES string of the molecule is Cc1c(C(=O)N(C)C)sc(NC(=O)/C=C/c2cccs2)c1C#N. The van der Waals surface area contributed by atoms with Gasteiger partial charge in [0.05, 0.1) is 10.4 Å². The summed E-state index contributed by atoms with van der Waals surface area (Å²) in [6, 6.07) is 5.86. The van der Waals surface area contributed by atoms with Crippen LogP contribution < -0.4 is 5.32 Å². The fourth-order valence-electron chi connectivity index (χ4n) is 1.84. The molecule has 118 valence electrons. The molecule has 7 heteroatoms. The third-order valence-electron chi connectivity index (χ3n) is 3.04. The van der Waals surface area contributed by atoms with Gasteiger partial charge < -0.3 is 10.2 Å². The molecule has 0 bridgehead atoms. The second-order valence-corrected chi connectivity index (χ2v) is 6.91. The van der Waals surface area contributed by atoms with Crippen LogP contribution >= 0.6 is 22.7 Å². The highest BCUT2D eigenvalue weighted by atomic mass is 32.1. The number of hydrogen-bond donors (Lipinski definition) is 1. The number of rotatable bonds is 4. The van der Waals surface area contributed by atoms with Crippen molar-refractivity contribution in [2.75, 3.05) is 19.4 Å². The molecule has 2 rings (SSSR count). The summed E-state index contributed by atoms with van der Waals surface area (Å²) in [5.41, 5.74) is 0.923. The molecule has 1 N–H and O–H groups in total. The van der Waals surface area contributed by atoms with Gasteiger partial charge in [0.25, 0.3) is 5.91 Å². The highest BCUT2D eigenvalue weighted by Gasteiger charge is 2.21. The summed E-state index contributed by atoms with van der Waals surface area (Å²) in [6.07, 6.45) is 3.12. The van der Waals surface area contributed by atoms with Crippen molar-refractivity contribution >= 4 is 45.6 Å². The van der Waals surface area contributed by atoms with Gasteiger partial charge in [-0.2, -0.15) is 5.26 Å². The molecule has 0 atom stereocenters. The molecule has 0 aromatic carbocycles. The number of hydrogen-bond acceptors (Lipinski definition) is 5. The maximum absolute atomic E-state index is 12.1. The second-order valence-electron chi connectivity index (χ2n) is 4.91. The molecule has 0 aliphatic heterocycles. The van der Waals surface area contributed by atoms with E-state index in [4.69, 9.17) is 0 Å². The largest absolute Gasteiger partial charge is 0.344 e. The molecule has 23 heavy (non-hydrogen) atoms. The van der Waals surface area contributed by atoms with E-state index in [0.717, 1.165) is 16.2 Å². The number of amides is 2. The number of nitrogens with one attached hydrogen (secondary N) is 1. The third kappa shape index (κ3) is 3.86. The van der Waals surface area contributed by atoms with Crippen molar-refractivity contribution in [3.8, 4) is 6.07 Å². The van der Waals surface area contributed by atoms with Crippen LogP contribution in [0.2, 0.25) is 0 Å². The van der Waals surface area contributed by atoms with Crippen LogP contribution in [0.25, 0.3) is 6.08 Å². The van der Waals surface area contributed by atoms with Gasteiger partial charge in [0, 0.05) is 25.0 Å². The van der Waals surface area contributed by atoms with Gasteiger partial charge in [0.1, 0.15) is 11.1 Å². The van der Waals surface area contributed by atoms with Crippen LogP contribution in [0.15, 0.2) is 23.6 Å². The van der Waals surface area contributed by atoms with Crippen LogP contribution in [-0.2, 0) is 4.79 Å². The van der Waals surface area contributed by atoms with E-state index in [1.807, 2.05) is 17.5 Å². The first kappa shape index (κ1) is 16.9. The van der Waals surface area contributed by atoms with E-state index >= 15 is 0 Å². The van der Waals surface area contributed by atoms with E-state index in [1.165, 1.54) is 22.3 Å². The molecule has 0 spiro atoms. The second kappa shape index (κ2) is 7.22. The summed E-state index contributed by atoms with van der Waals surface area (Å²) < 4.78 is 0. The summed E-state index contributed by atoms with van der Waals surface area (Å²) in [4.78, 5) is 27.0. The molecular formula is C16H15N3O2S2. The molecule has 2 aromatic rings. The Morgan fingerprint density at radius 2 is 2.13 bits per heavy atom. The van der Waals surface area contributed by atoms with Crippen molar-refractivity contribution in [2.24, 2.45) is 0 Å². The summed E-state index contributed by atoms with van der Waals surface area (Å²) in [5, 5.41) is 14.3. The Balaban J connectivity index is 2.23. The molecule has 0 radical (unpaired) electrons. The molecule has 0 aliphatic carbocycles. The first-order valence-electron chi connectivity index (χ1n) is 6.71. The van der Waals surface area contributed by atoms with Crippen LogP contribution in [0.5, 0.6) is 0 Å². The van der Waals surface area contributed by atoms with Gasteiger partial charge >= 0.3 is 0 Å². The topological polar surface area (TPSA) is 73.2 Å². The molecule has 5 nitrogen and oxygen atoms in total. The number of anilines is 1. The number of nitriles is 1. The zero-order valence-corrected chi connectivity index (χ0v) is 14.5. The van der Waals surface area contributed by atoms with Crippen molar-refractivity contribution in [1.29, 1.82) is 5.26 Å². The van der Waals surface area contributed by atoms with Crippen molar-refractivity contribution < 1.29 is 9.59 Å². The molecule has 0 unspecified atom stereocenters. The minimum absolute atomic E-state index is 0.182. The van der Waals surface area contributed by atoms with E-state index < -0.39 is 0 Å². The molecule has 0 saturated heterocycles. The van der Waals surface area contributed by atoms with Gasteiger partial charge in [-0.25, -0.2) is 0 Å². The van der Waals surface area contributed by atoms with Crippen molar-refractivity contribution in [1.82, 2.24) is 4.90 Å². The van der Waals surface area contributed by atoms with Crippen LogP contribution in [0, 0.1) is 18.3 Å². The average Bonchev–Trinajstić information content (AvgIpc) is 3.12. The average molecular weight is 345 g/mol. The van der Waals surface area contributed by atoms with E-state index in [0.29, 0.717) is 21.0 Å². The molecule has 2 heterocycles. The maximum atomic E-state index is 12.1.